The van der Waals surface area contributed by atoms with E-state index in [0.29, 0.717) is 22.1 Å². The van der Waals surface area contributed by atoms with E-state index in [4.69, 9.17) is 46.9 Å². The van der Waals surface area contributed by atoms with Crippen LogP contribution in [0.1, 0.15) is 66.0 Å². The van der Waals surface area contributed by atoms with Crippen LogP contribution in [0.5, 0.6) is 11.8 Å². The van der Waals surface area contributed by atoms with E-state index in [-0.39, 0.29) is 132 Å². The predicted octanol–water partition coefficient (Wildman–Crippen LogP) is 13.8. The molecular formula is C60H42Cl2F10N8O7. The van der Waals surface area contributed by atoms with Crippen molar-refractivity contribution in [1.29, 1.82) is 0 Å². The van der Waals surface area contributed by atoms with Crippen LogP contribution in [-0.4, -0.2) is 78.4 Å². The van der Waals surface area contributed by atoms with Gasteiger partial charge in [0.1, 0.15) is 69.8 Å². The molecule has 0 saturated heterocycles. The molecular weight excluding hydrogens is 1210 g/mol. The Morgan fingerprint density at radius 3 is 1.28 bits per heavy atom. The molecule has 10 aromatic rings. The monoisotopic (exact) mass is 1250 g/mol. The number of methoxy groups -OCH3 is 2. The van der Waals surface area contributed by atoms with Gasteiger partial charge in [-0.3, -0.25) is 0 Å². The summed E-state index contributed by atoms with van der Waals surface area (Å²) in [4.78, 5) is 52.0. The summed E-state index contributed by atoms with van der Waals surface area (Å²) >= 11 is 11.9. The maximum atomic E-state index is 16.0. The lowest BCUT2D eigenvalue weighted by molar-refractivity contribution is -0.142. The molecule has 448 valence electrons. The van der Waals surface area contributed by atoms with Crippen LogP contribution in [-0.2, 0) is 65.7 Å². The SMILES string of the molecule is COCCn1c(Cc2cc(F)c(-c3cccc(OCc4ccc(C(F)(F)F)nc4Cl)n3)cc2F)nc2ccc(C(=O)OC(=O)c3ccc4nc(Cc5cc(F)c(-c6cccc(OCc7ccc(C(F)(F)F)nc7Cl)n6)cc5F)n(CCOC)c4c3)cc21. The highest BCUT2D eigenvalue weighted by molar-refractivity contribution is 6.30. The standard InChI is InChI=1S/C60H42Cl2F10N8O7/c1-83-19-17-79-47-23-31(9-13-45(47)73-51(79)25-35-21-41(65)37(27-39(35)63)43-5-3-7-53(75-43)85-29-33-11-15-49(59(67,68)69)77-55(33)61)57(81)87-58(82)32-10-14-46-48(24-32)80(18-20-84-2)52(74-46)26-36-22-42(66)38(28-40(36)64)44-6-4-8-54(76-44)86-30-34-12-16-50(60(70,71)72)78-56(34)62/h3-16,21-24,27-28H,17-20,25-26,29-30H2,1-2H3. The summed E-state index contributed by atoms with van der Waals surface area (Å²) in [5.41, 5.74) is -1.47. The molecule has 0 bridgehead atoms. The summed E-state index contributed by atoms with van der Waals surface area (Å²) in [5, 5.41) is -0.872. The molecule has 0 atom stereocenters. The number of carbonyl (C=O) groups excluding carboxylic acids is 2. The Balaban J connectivity index is 0.827. The molecule has 15 nitrogen and oxygen atoms in total. The highest BCUT2D eigenvalue weighted by Crippen LogP contribution is 2.34. The minimum absolute atomic E-state index is 0.0187. The number of rotatable bonds is 20. The number of esters is 2. The van der Waals surface area contributed by atoms with Gasteiger partial charge in [-0.15, -0.1) is 0 Å². The van der Waals surface area contributed by atoms with Gasteiger partial charge in [0.05, 0.1) is 57.8 Å². The number of aromatic nitrogens is 8. The molecule has 4 aromatic carbocycles. The summed E-state index contributed by atoms with van der Waals surface area (Å²) in [6.45, 7) is -0.0920. The van der Waals surface area contributed by atoms with Crippen molar-refractivity contribution in [2.24, 2.45) is 0 Å². The molecule has 0 N–H and O–H groups in total. The number of imidazole rings is 2. The molecule has 0 aliphatic carbocycles. The van der Waals surface area contributed by atoms with Crippen LogP contribution in [0, 0.1) is 23.3 Å². The Morgan fingerprint density at radius 1 is 0.483 bits per heavy atom. The van der Waals surface area contributed by atoms with Crippen LogP contribution in [0.25, 0.3) is 44.6 Å². The number of fused-ring (bicyclic) bond motifs is 2. The van der Waals surface area contributed by atoms with Gasteiger partial charge in [-0.2, -0.15) is 26.3 Å². The number of halogens is 12. The molecule has 0 aliphatic rings. The molecule has 0 fully saturated rings. The van der Waals surface area contributed by atoms with Crippen molar-refractivity contribution >= 4 is 57.2 Å². The number of nitrogens with zero attached hydrogens (tertiary/aromatic N) is 8. The number of pyridine rings is 4. The van der Waals surface area contributed by atoms with Gasteiger partial charge in [0.2, 0.25) is 11.8 Å². The number of hydrogen-bond donors (Lipinski definition) is 0. The maximum Gasteiger partial charge on any atom is 0.433 e. The minimum Gasteiger partial charge on any atom is -0.473 e. The summed E-state index contributed by atoms with van der Waals surface area (Å²) in [7, 11) is 2.91. The first-order valence-electron chi connectivity index (χ1n) is 25.9. The van der Waals surface area contributed by atoms with E-state index in [9.17, 15) is 35.9 Å². The highest BCUT2D eigenvalue weighted by atomic mass is 35.5. The third-order valence-electron chi connectivity index (χ3n) is 13.5. The van der Waals surface area contributed by atoms with Gasteiger partial charge in [0.25, 0.3) is 0 Å². The second-order valence-electron chi connectivity index (χ2n) is 19.2. The molecule has 0 saturated carbocycles. The number of benzene rings is 4. The first-order chi connectivity index (χ1) is 41.5. The van der Waals surface area contributed by atoms with E-state index in [1.807, 2.05) is 0 Å². The summed E-state index contributed by atoms with van der Waals surface area (Å²) in [5.74, 6) is -5.03. The molecule has 27 heteroatoms. The lowest BCUT2D eigenvalue weighted by Crippen LogP contribution is -2.14. The molecule has 0 amide bonds. The van der Waals surface area contributed by atoms with Crippen molar-refractivity contribution in [2.45, 2.75) is 51.5 Å². The Bertz CT molecular complexity index is 4010. The van der Waals surface area contributed by atoms with Gasteiger partial charge in [-0.25, -0.2) is 57.1 Å². The minimum atomic E-state index is -4.71. The largest absolute Gasteiger partial charge is 0.473 e. The fourth-order valence-corrected chi connectivity index (χ4v) is 9.58. The summed E-state index contributed by atoms with van der Waals surface area (Å²) in [6.07, 6.45) is -9.89. The molecule has 6 heterocycles. The number of carbonyl (C=O) groups is 2. The number of alkyl halides is 6. The van der Waals surface area contributed by atoms with Crippen LogP contribution >= 0.6 is 23.2 Å². The second kappa shape index (κ2) is 25.5. The average Bonchev–Trinajstić information content (AvgIpc) is 2.25. The van der Waals surface area contributed by atoms with Crippen molar-refractivity contribution in [3.05, 3.63) is 211 Å². The fourth-order valence-electron chi connectivity index (χ4n) is 9.17. The highest BCUT2D eigenvalue weighted by Gasteiger charge is 2.34. The van der Waals surface area contributed by atoms with Crippen LogP contribution in [0.15, 0.2) is 121 Å². The zero-order chi connectivity index (χ0) is 61.9. The zero-order valence-electron chi connectivity index (χ0n) is 45.2. The topological polar surface area (TPSA) is 167 Å². The van der Waals surface area contributed by atoms with Gasteiger partial charge >= 0.3 is 24.3 Å². The van der Waals surface area contributed by atoms with Gasteiger partial charge in [0.15, 0.2) is 0 Å². The van der Waals surface area contributed by atoms with Gasteiger partial charge in [-0.1, -0.05) is 47.5 Å². The van der Waals surface area contributed by atoms with E-state index in [0.717, 1.165) is 48.5 Å². The molecule has 10 rings (SSSR count). The lowest BCUT2D eigenvalue weighted by atomic mass is 10.0. The molecule has 0 aliphatic heterocycles. The smallest absolute Gasteiger partial charge is 0.433 e. The fraction of sp³-hybridized carbons (Fsp3) is 0.200. The van der Waals surface area contributed by atoms with Crippen LogP contribution in [0.4, 0.5) is 43.9 Å². The third kappa shape index (κ3) is 13.8. The third-order valence-corrected chi connectivity index (χ3v) is 14.2. The molecule has 6 aromatic heterocycles. The first kappa shape index (κ1) is 61.1. The van der Waals surface area contributed by atoms with Crippen molar-refractivity contribution in [2.75, 3.05) is 27.4 Å². The molecule has 87 heavy (non-hydrogen) atoms. The zero-order valence-corrected chi connectivity index (χ0v) is 46.7. The van der Waals surface area contributed by atoms with Crippen molar-refractivity contribution in [3.8, 4) is 34.3 Å². The second-order valence-corrected chi connectivity index (χ2v) is 19.9. The van der Waals surface area contributed by atoms with Gasteiger partial charge in [0, 0.05) is 74.5 Å². The molecule has 0 radical (unpaired) electrons. The van der Waals surface area contributed by atoms with Crippen LogP contribution in [0.2, 0.25) is 10.3 Å². The molecule has 0 spiro atoms. The Labute approximate surface area is 496 Å². The van der Waals surface area contributed by atoms with Crippen molar-refractivity contribution < 1.29 is 77.2 Å². The van der Waals surface area contributed by atoms with Crippen LogP contribution in [0.3, 0.4) is 0 Å². The molecule has 0 unspecified atom stereocenters. The lowest BCUT2D eigenvalue weighted by Gasteiger charge is -2.12. The quantitative estimate of drug-likeness (QED) is 0.0306. The maximum absolute atomic E-state index is 16.0. The van der Waals surface area contributed by atoms with Gasteiger partial charge < -0.3 is 32.8 Å². The van der Waals surface area contributed by atoms with Gasteiger partial charge in [-0.05, 0) is 96.1 Å². The summed E-state index contributed by atoms with van der Waals surface area (Å²) < 4.78 is 173. The summed E-state index contributed by atoms with van der Waals surface area (Å²) in [6, 6.07) is 24.7. The predicted molar refractivity (Wildman–Crippen MR) is 295 cm³/mol. The number of ether oxygens (including phenoxy) is 5. The van der Waals surface area contributed by atoms with E-state index in [2.05, 4.69) is 29.9 Å². The Kier molecular flexibility index (Phi) is 17.9. The van der Waals surface area contributed by atoms with E-state index < -0.39 is 69.3 Å². The first-order valence-corrected chi connectivity index (χ1v) is 26.6. The Hall–Kier alpha value is -9.04. The average molecular weight is 1250 g/mol. The van der Waals surface area contributed by atoms with Crippen molar-refractivity contribution in [3.63, 3.8) is 0 Å². The van der Waals surface area contributed by atoms with E-state index in [1.165, 1.54) is 87.0 Å². The van der Waals surface area contributed by atoms with E-state index in [1.54, 1.807) is 9.13 Å². The Morgan fingerprint density at radius 2 is 0.897 bits per heavy atom. The van der Waals surface area contributed by atoms with E-state index >= 15 is 17.6 Å². The number of hydrogen-bond acceptors (Lipinski definition) is 13. The normalized spacial score (nSPS) is 11.9. The van der Waals surface area contributed by atoms with Crippen molar-refractivity contribution in [1.82, 2.24) is 39.0 Å². The van der Waals surface area contributed by atoms with Crippen LogP contribution < -0.4 is 9.47 Å².